The average molecular weight is 502 g/mol. The highest BCUT2D eigenvalue weighted by Gasteiger charge is 2.78. The molecule has 3 heterocycles. The lowest BCUT2D eigenvalue weighted by atomic mass is 9.55. The zero-order valence-corrected chi connectivity index (χ0v) is 21.1. The molecule has 5 nitrogen and oxygen atoms in total. The van der Waals surface area contributed by atoms with E-state index in [9.17, 15) is 4.79 Å². The van der Waals surface area contributed by atoms with Crippen LogP contribution < -0.4 is 9.47 Å². The Bertz CT molecular complexity index is 1650. The van der Waals surface area contributed by atoms with Crippen LogP contribution in [0.4, 0.5) is 0 Å². The number of hydrogen-bond donors (Lipinski definition) is 0. The molecule has 3 aliphatic heterocycles. The van der Waals surface area contributed by atoms with Gasteiger partial charge in [-0.2, -0.15) is 0 Å². The van der Waals surface area contributed by atoms with Crippen LogP contribution in [0.15, 0.2) is 84.9 Å². The summed E-state index contributed by atoms with van der Waals surface area (Å²) in [5.41, 5.74) is 1.03. The lowest BCUT2D eigenvalue weighted by Crippen LogP contribution is -2.62. The maximum absolute atomic E-state index is 15.1. The zero-order chi connectivity index (χ0) is 25.6. The van der Waals surface area contributed by atoms with Gasteiger partial charge in [-0.05, 0) is 65.6 Å². The molecule has 0 saturated carbocycles. The smallest absolute Gasteiger partial charge is 0.189 e. The van der Waals surface area contributed by atoms with Gasteiger partial charge >= 0.3 is 0 Å². The molecule has 4 atom stereocenters. The fraction of sp³-hybridized carbons (Fsp3) is 0.273. The van der Waals surface area contributed by atoms with Crippen LogP contribution in [0.2, 0.25) is 0 Å². The van der Waals surface area contributed by atoms with Gasteiger partial charge in [0.05, 0.1) is 12.7 Å². The Balaban J connectivity index is 1.48. The van der Waals surface area contributed by atoms with Gasteiger partial charge in [-0.1, -0.05) is 60.7 Å². The standard InChI is InChI=1S/C33H27NO4/c1-37-22-16-14-21(15-17-22)29-26-12-6-18-34(26)33(32(29)19-38-27-13-3-2-9-23(27)30(32)35)25-11-5-8-20-7-4-10-24(28(20)25)31(33)36/h2-5,7-11,13-17,26,29H,6,12,18-19H2,1H3/t26?,29-,32-,33?/m1/s1. The van der Waals surface area contributed by atoms with E-state index < -0.39 is 11.0 Å². The molecule has 0 N–H and O–H groups in total. The second-order valence-corrected chi connectivity index (χ2v) is 11.0. The van der Waals surface area contributed by atoms with E-state index in [1.807, 2.05) is 54.6 Å². The van der Waals surface area contributed by atoms with Crippen molar-refractivity contribution in [3.63, 3.8) is 0 Å². The van der Waals surface area contributed by atoms with Crippen LogP contribution in [0.25, 0.3) is 10.8 Å². The average Bonchev–Trinajstić information content (AvgIpc) is 3.60. The number of nitrogens with zero attached hydrogens (tertiary/aromatic N) is 1. The van der Waals surface area contributed by atoms with Crippen LogP contribution in [-0.2, 0) is 5.54 Å². The number of rotatable bonds is 2. The van der Waals surface area contributed by atoms with Crippen LogP contribution in [0.3, 0.4) is 0 Å². The third-order valence-corrected chi connectivity index (χ3v) is 9.63. The molecule has 0 bridgehead atoms. The van der Waals surface area contributed by atoms with Gasteiger partial charge in [-0.3, -0.25) is 14.5 Å². The van der Waals surface area contributed by atoms with Gasteiger partial charge in [0.1, 0.15) is 29.1 Å². The first-order chi connectivity index (χ1) is 18.6. The van der Waals surface area contributed by atoms with E-state index in [0.717, 1.165) is 47.0 Å². The maximum atomic E-state index is 15.1. The summed E-state index contributed by atoms with van der Waals surface area (Å²) in [7, 11) is 1.66. The van der Waals surface area contributed by atoms with Gasteiger partial charge in [-0.15, -0.1) is 0 Å². The fourth-order valence-electron chi connectivity index (χ4n) is 8.34. The summed E-state index contributed by atoms with van der Waals surface area (Å²) < 4.78 is 12.0. The number of Topliss-reactive ketones (excluding diaryl/α,β-unsaturated/α-hetero) is 2. The molecular formula is C33H27NO4. The third-order valence-electron chi connectivity index (χ3n) is 9.63. The van der Waals surface area contributed by atoms with Crippen molar-refractivity contribution in [1.29, 1.82) is 0 Å². The van der Waals surface area contributed by atoms with Crippen molar-refractivity contribution in [3.05, 3.63) is 107 Å². The van der Waals surface area contributed by atoms with Gasteiger partial charge in [0.15, 0.2) is 11.6 Å². The van der Waals surface area contributed by atoms with Gasteiger partial charge in [0, 0.05) is 17.5 Å². The van der Waals surface area contributed by atoms with Gasteiger partial charge in [-0.25, -0.2) is 0 Å². The topological polar surface area (TPSA) is 55.8 Å². The van der Waals surface area contributed by atoms with Crippen LogP contribution in [0.5, 0.6) is 11.5 Å². The molecule has 38 heavy (non-hydrogen) atoms. The summed E-state index contributed by atoms with van der Waals surface area (Å²) in [5, 5.41) is 2.01. The van der Waals surface area contributed by atoms with E-state index in [1.165, 1.54) is 0 Å². The predicted molar refractivity (Wildman–Crippen MR) is 144 cm³/mol. The van der Waals surface area contributed by atoms with Crippen molar-refractivity contribution in [2.24, 2.45) is 5.41 Å². The number of para-hydroxylation sites is 1. The fourth-order valence-corrected chi connectivity index (χ4v) is 8.34. The minimum absolute atomic E-state index is 0.00715. The second kappa shape index (κ2) is 7.55. The molecule has 188 valence electrons. The summed E-state index contributed by atoms with van der Waals surface area (Å²) in [5.74, 6) is 1.19. The van der Waals surface area contributed by atoms with Gasteiger partial charge < -0.3 is 9.47 Å². The lowest BCUT2D eigenvalue weighted by molar-refractivity contribution is 0.00386. The first-order valence-corrected chi connectivity index (χ1v) is 13.4. The van der Waals surface area contributed by atoms with Crippen molar-refractivity contribution in [1.82, 2.24) is 4.90 Å². The molecule has 2 spiro atoms. The summed E-state index contributed by atoms with van der Waals surface area (Å²) >= 11 is 0. The largest absolute Gasteiger partial charge is 0.497 e. The highest BCUT2D eigenvalue weighted by atomic mass is 16.5. The molecule has 2 fully saturated rings. The molecule has 5 heteroatoms. The lowest BCUT2D eigenvalue weighted by Gasteiger charge is -2.49. The molecule has 2 saturated heterocycles. The van der Waals surface area contributed by atoms with E-state index in [1.54, 1.807) is 7.11 Å². The van der Waals surface area contributed by atoms with Crippen molar-refractivity contribution >= 4 is 22.3 Å². The van der Waals surface area contributed by atoms with E-state index in [0.29, 0.717) is 16.9 Å². The zero-order valence-electron chi connectivity index (χ0n) is 21.1. The molecule has 2 unspecified atom stereocenters. The summed E-state index contributed by atoms with van der Waals surface area (Å²) in [6.45, 7) is 0.923. The SMILES string of the molecule is COc1ccc([C@@H]2C3CCCN3C3(C(=O)c4cccc5cccc3c45)[C@]23COc2ccccc2C3=O)cc1. The molecule has 8 rings (SSSR count). The molecule has 0 aromatic heterocycles. The molecule has 0 radical (unpaired) electrons. The van der Waals surface area contributed by atoms with Crippen molar-refractivity contribution in [2.75, 3.05) is 20.3 Å². The molecule has 0 amide bonds. The number of carbonyl (C=O) groups is 2. The number of ketones is 2. The quantitative estimate of drug-likeness (QED) is 0.349. The van der Waals surface area contributed by atoms with Crippen molar-refractivity contribution in [2.45, 2.75) is 30.3 Å². The van der Waals surface area contributed by atoms with Crippen LogP contribution in [0.1, 0.15) is 50.6 Å². The first kappa shape index (κ1) is 22.1. The normalized spacial score (nSPS) is 29.2. The van der Waals surface area contributed by atoms with E-state index >= 15 is 4.79 Å². The minimum atomic E-state index is -1.13. The molecule has 4 aromatic rings. The number of fused-ring (bicyclic) bond motifs is 5. The Morgan fingerprint density at radius 3 is 2.45 bits per heavy atom. The van der Waals surface area contributed by atoms with Crippen LogP contribution in [-0.4, -0.2) is 42.8 Å². The summed E-state index contributed by atoms with van der Waals surface area (Å²) in [6.07, 6.45) is 1.91. The second-order valence-electron chi connectivity index (χ2n) is 11.0. The first-order valence-electron chi connectivity index (χ1n) is 13.4. The Morgan fingerprint density at radius 1 is 0.868 bits per heavy atom. The monoisotopic (exact) mass is 501 g/mol. The van der Waals surface area contributed by atoms with Gasteiger partial charge in [0.25, 0.3) is 0 Å². The highest BCUT2D eigenvalue weighted by molar-refractivity contribution is 6.24. The Kier molecular flexibility index (Phi) is 4.38. The molecule has 4 aromatic carbocycles. The van der Waals surface area contributed by atoms with E-state index in [-0.39, 0.29) is 30.1 Å². The number of ether oxygens (including phenoxy) is 2. The Morgan fingerprint density at radius 2 is 1.63 bits per heavy atom. The molecular weight excluding hydrogens is 474 g/mol. The van der Waals surface area contributed by atoms with Crippen molar-refractivity contribution in [3.8, 4) is 11.5 Å². The third kappa shape index (κ3) is 2.37. The highest BCUT2D eigenvalue weighted by Crippen LogP contribution is 2.69. The molecule has 1 aliphatic carbocycles. The van der Waals surface area contributed by atoms with Crippen molar-refractivity contribution < 1.29 is 19.1 Å². The number of benzene rings is 4. The Labute approximate surface area is 221 Å². The Hall–Kier alpha value is -3.96. The van der Waals surface area contributed by atoms with E-state index in [2.05, 4.69) is 35.2 Å². The molecule has 4 aliphatic rings. The van der Waals surface area contributed by atoms with E-state index in [4.69, 9.17) is 9.47 Å². The predicted octanol–water partition coefficient (Wildman–Crippen LogP) is 5.76. The maximum Gasteiger partial charge on any atom is 0.189 e. The van der Waals surface area contributed by atoms with Crippen LogP contribution in [0, 0.1) is 5.41 Å². The van der Waals surface area contributed by atoms with Gasteiger partial charge in [0.2, 0.25) is 0 Å². The number of methoxy groups -OCH3 is 1. The summed E-state index contributed by atoms with van der Waals surface area (Å²) in [6, 6.07) is 27.7. The summed E-state index contributed by atoms with van der Waals surface area (Å²) in [4.78, 5) is 32.4. The number of hydrogen-bond acceptors (Lipinski definition) is 5. The van der Waals surface area contributed by atoms with Crippen LogP contribution >= 0.6 is 0 Å². The minimum Gasteiger partial charge on any atom is -0.497 e. The number of carbonyl (C=O) groups excluding carboxylic acids is 2.